The second-order valence-corrected chi connectivity index (χ2v) is 8.72. The van der Waals surface area contributed by atoms with E-state index in [0.29, 0.717) is 11.6 Å². The van der Waals surface area contributed by atoms with Gasteiger partial charge in [-0.15, -0.1) is 0 Å². The Bertz CT molecular complexity index is 1330. The van der Waals surface area contributed by atoms with E-state index < -0.39 is 17.3 Å². The molecule has 0 amide bonds. The highest BCUT2D eigenvalue weighted by Gasteiger charge is 2.12. The van der Waals surface area contributed by atoms with Gasteiger partial charge in [0, 0.05) is 6.54 Å². The number of hydrogen-bond acceptors (Lipinski definition) is 4. The molecule has 0 spiro atoms. The molecule has 0 radical (unpaired) electrons. The standard InChI is InChI=1S/C25H30N4O4/c1-16(2)13-20-9-10-21(14-18(20)4)26-23-27-24(32)28(12-11-22(30)31)25(33)29(23)15-19-7-5-17(3)6-8-19/h5-10,14,16H,11-13,15H2,1-4H3,(H,30,31)(H,26,27,32). The largest absolute Gasteiger partial charge is 0.481 e. The minimum Gasteiger partial charge on any atom is -0.481 e. The van der Waals surface area contributed by atoms with E-state index >= 15 is 0 Å². The highest BCUT2D eigenvalue weighted by Crippen LogP contribution is 2.19. The Morgan fingerprint density at radius 1 is 1.06 bits per heavy atom. The molecule has 1 aromatic heterocycles. The number of carboxylic acid groups (broad SMARTS) is 1. The van der Waals surface area contributed by atoms with Crippen LogP contribution in [0.5, 0.6) is 0 Å². The van der Waals surface area contributed by atoms with Crippen LogP contribution in [0.15, 0.2) is 57.0 Å². The van der Waals surface area contributed by atoms with E-state index in [1.807, 2.05) is 56.3 Å². The minimum atomic E-state index is -1.09. The zero-order valence-electron chi connectivity index (χ0n) is 19.5. The van der Waals surface area contributed by atoms with Gasteiger partial charge >= 0.3 is 17.3 Å². The number of aliphatic carboxylic acids is 1. The molecule has 2 N–H and O–H groups in total. The molecular formula is C25H30N4O4. The van der Waals surface area contributed by atoms with Gasteiger partial charge < -0.3 is 5.11 Å². The van der Waals surface area contributed by atoms with Crippen LogP contribution in [0, 0.1) is 19.8 Å². The summed E-state index contributed by atoms with van der Waals surface area (Å²) in [5.74, 6) is -0.560. The average Bonchev–Trinajstić information content (AvgIpc) is 2.73. The van der Waals surface area contributed by atoms with E-state index in [-0.39, 0.29) is 25.1 Å². The van der Waals surface area contributed by atoms with Crippen molar-refractivity contribution in [2.45, 2.75) is 53.6 Å². The zero-order valence-corrected chi connectivity index (χ0v) is 19.5. The predicted octanol–water partition coefficient (Wildman–Crippen LogP) is 2.91. The number of aryl methyl sites for hydroxylation is 2. The third kappa shape index (κ3) is 6.19. The van der Waals surface area contributed by atoms with Gasteiger partial charge in [0.2, 0.25) is 5.62 Å². The van der Waals surface area contributed by atoms with Crippen LogP contribution in [0.3, 0.4) is 0 Å². The Hall–Kier alpha value is -3.68. The average molecular weight is 451 g/mol. The highest BCUT2D eigenvalue weighted by atomic mass is 16.4. The van der Waals surface area contributed by atoms with Crippen LogP contribution in [0.25, 0.3) is 0 Å². The van der Waals surface area contributed by atoms with E-state index in [2.05, 4.69) is 23.8 Å². The molecule has 2 aromatic carbocycles. The first-order valence-electron chi connectivity index (χ1n) is 11.0. The van der Waals surface area contributed by atoms with E-state index in [1.54, 1.807) is 0 Å². The van der Waals surface area contributed by atoms with Crippen LogP contribution in [0.4, 0.5) is 5.69 Å². The van der Waals surface area contributed by atoms with Crippen molar-refractivity contribution >= 4 is 11.7 Å². The molecule has 0 saturated carbocycles. The molecule has 8 nitrogen and oxygen atoms in total. The molecule has 0 aliphatic heterocycles. The molecule has 0 aliphatic rings. The van der Waals surface area contributed by atoms with Crippen LogP contribution in [0.2, 0.25) is 0 Å². The normalized spacial score (nSPS) is 11.8. The molecule has 33 heavy (non-hydrogen) atoms. The predicted molar refractivity (Wildman–Crippen MR) is 127 cm³/mol. The van der Waals surface area contributed by atoms with E-state index in [9.17, 15) is 14.4 Å². The molecule has 0 saturated heterocycles. The van der Waals surface area contributed by atoms with Gasteiger partial charge in [0.15, 0.2) is 0 Å². The number of aromatic nitrogens is 3. The third-order valence-corrected chi connectivity index (χ3v) is 5.38. The number of aromatic amines is 1. The zero-order chi connectivity index (χ0) is 24.1. The Morgan fingerprint density at radius 2 is 1.76 bits per heavy atom. The molecule has 3 aromatic rings. The number of nitrogens with one attached hydrogen (secondary N) is 1. The number of carboxylic acids is 1. The quantitative estimate of drug-likeness (QED) is 0.550. The van der Waals surface area contributed by atoms with Gasteiger partial charge in [-0.1, -0.05) is 49.7 Å². The molecule has 0 bridgehead atoms. The van der Waals surface area contributed by atoms with Gasteiger partial charge in [0.1, 0.15) is 0 Å². The fraction of sp³-hybridized carbons (Fsp3) is 0.360. The fourth-order valence-electron chi connectivity index (χ4n) is 3.61. The van der Waals surface area contributed by atoms with Crippen LogP contribution >= 0.6 is 0 Å². The maximum absolute atomic E-state index is 13.2. The van der Waals surface area contributed by atoms with Gasteiger partial charge in [-0.25, -0.2) is 19.1 Å². The first-order valence-corrected chi connectivity index (χ1v) is 11.0. The maximum Gasteiger partial charge on any atom is 0.335 e. The lowest BCUT2D eigenvalue weighted by molar-refractivity contribution is -0.137. The third-order valence-electron chi connectivity index (χ3n) is 5.38. The number of benzene rings is 2. The van der Waals surface area contributed by atoms with Crippen LogP contribution in [-0.2, 0) is 24.3 Å². The molecule has 3 rings (SSSR count). The maximum atomic E-state index is 13.2. The minimum absolute atomic E-state index is 0.119. The first-order chi connectivity index (χ1) is 15.6. The van der Waals surface area contributed by atoms with Crippen molar-refractivity contribution in [1.29, 1.82) is 0 Å². The van der Waals surface area contributed by atoms with Crippen molar-refractivity contribution in [1.82, 2.24) is 14.1 Å². The van der Waals surface area contributed by atoms with Crippen LogP contribution < -0.4 is 17.0 Å². The van der Waals surface area contributed by atoms with E-state index in [4.69, 9.17) is 5.11 Å². The smallest absolute Gasteiger partial charge is 0.335 e. The number of H-pyrrole nitrogens is 1. The van der Waals surface area contributed by atoms with Gasteiger partial charge in [-0.05, 0) is 55.0 Å². The molecule has 174 valence electrons. The molecule has 8 heteroatoms. The van der Waals surface area contributed by atoms with Gasteiger partial charge in [0.25, 0.3) is 0 Å². The van der Waals surface area contributed by atoms with Crippen LogP contribution in [-0.4, -0.2) is 25.2 Å². The molecule has 0 atom stereocenters. The number of hydrogen-bond donors (Lipinski definition) is 2. The summed E-state index contributed by atoms with van der Waals surface area (Å²) in [5, 5.41) is 8.99. The van der Waals surface area contributed by atoms with Gasteiger partial charge in [-0.2, -0.15) is 0 Å². The Kier molecular flexibility index (Phi) is 7.48. The van der Waals surface area contributed by atoms with E-state index in [0.717, 1.165) is 27.7 Å². The summed E-state index contributed by atoms with van der Waals surface area (Å²) in [5.41, 5.74) is 3.72. The summed E-state index contributed by atoms with van der Waals surface area (Å²) >= 11 is 0. The molecule has 1 heterocycles. The number of carbonyl (C=O) groups is 1. The summed E-state index contributed by atoms with van der Waals surface area (Å²) in [7, 11) is 0. The Labute approximate surface area is 191 Å². The van der Waals surface area contributed by atoms with Gasteiger partial charge in [0.05, 0.1) is 18.7 Å². The van der Waals surface area contributed by atoms with Crippen molar-refractivity contribution in [3.63, 3.8) is 0 Å². The number of rotatable bonds is 8. The summed E-state index contributed by atoms with van der Waals surface area (Å²) < 4.78 is 2.27. The summed E-state index contributed by atoms with van der Waals surface area (Å²) in [6, 6.07) is 13.5. The summed E-state index contributed by atoms with van der Waals surface area (Å²) in [6.07, 6.45) is 0.622. The monoisotopic (exact) mass is 450 g/mol. The lowest BCUT2D eigenvalue weighted by Gasteiger charge is -2.12. The van der Waals surface area contributed by atoms with Crippen LogP contribution in [0.1, 0.15) is 42.5 Å². The van der Waals surface area contributed by atoms with Gasteiger partial charge in [-0.3, -0.25) is 14.3 Å². The lowest BCUT2D eigenvalue weighted by atomic mass is 9.98. The topological polar surface area (TPSA) is 109 Å². The molecule has 0 aliphatic carbocycles. The molecule has 0 fully saturated rings. The van der Waals surface area contributed by atoms with Crippen molar-refractivity contribution in [2.24, 2.45) is 10.9 Å². The fourth-order valence-corrected chi connectivity index (χ4v) is 3.61. The van der Waals surface area contributed by atoms with Crippen molar-refractivity contribution in [3.8, 4) is 0 Å². The summed E-state index contributed by atoms with van der Waals surface area (Å²) in [4.78, 5) is 44.0. The van der Waals surface area contributed by atoms with Crippen molar-refractivity contribution in [2.75, 3.05) is 0 Å². The Balaban J connectivity index is 2.13. The highest BCUT2D eigenvalue weighted by molar-refractivity contribution is 5.66. The second-order valence-electron chi connectivity index (χ2n) is 8.72. The molecular weight excluding hydrogens is 420 g/mol. The van der Waals surface area contributed by atoms with Crippen molar-refractivity contribution < 1.29 is 9.90 Å². The summed E-state index contributed by atoms with van der Waals surface area (Å²) in [6.45, 7) is 8.28. The Morgan fingerprint density at radius 3 is 2.36 bits per heavy atom. The lowest BCUT2D eigenvalue weighted by Crippen LogP contribution is -2.50. The number of nitrogens with zero attached hydrogens (tertiary/aromatic N) is 3. The SMILES string of the molecule is Cc1ccc(Cn2c(=O)n(CCC(=O)O)c(=O)[nH]/c2=N\c2ccc(CC(C)C)c(C)c2)cc1. The first kappa shape index (κ1) is 24.0. The van der Waals surface area contributed by atoms with Crippen molar-refractivity contribution in [3.05, 3.63) is 91.3 Å². The molecule has 0 unspecified atom stereocenters. The second kappa shape index (κ2) is 10.3. The van der Waals surface area contributed by atoms with E-state index in [1.165, 1.54) is 10.1 Å².